The summed E-state index contributed by atoms with van der Waals surface area (Å²) in [5.74, 6) is -1.21. The van der Waals surface area contributed by atoms with Gasteiger partial charge in [-0.2, -0.15) is 0 Å². The molecule has 0 aliphatic rings. The molecule has 0 saturated heterocycles. The summed E-state index contributed by atoms with van der Waals surface area (Å²) >= 11 is 3.40. The van der Waals surface area contributed by atoms with Crippen molar-refractivity contribution in [3.05, 3.63) is 34.4 Å². The molecule has 0 aliphatic carbocycles. The lowest BCUT2D eigenvalue weighted by Crippen LogP contribution is -2.21. The number of fused-ring (bicyclic) bond motifs is 1. The van der Waals surface area contributed by atoms with Crippen LogP contribution in [0.1, 0.15) is 5.56 Å². The van der Waals surface area contributed by atoms with Crippen LogP contribution in [0.15, 0.2) is 28.9 Å². The first-order valence-electron chi connectivity index (χ1n) is 4.75. The number of H-pyrrole nitrogens is 1. The lowest BCUT2D eigenvalue weighted by molar-refractivity contribution is -0.146. The van der Waals surface area contributed by atoms with E-state index < -0.39 is 12.1 Å². The van der Waals surface area contributed by atoms with E-state index >= 15 is 0 Å². The van der Waals surface area contributed by atoms with Crippen molar-refractivity contribution in [1.29, 1.82) is 0 Å². The molecule has 3 N–H and O–H groups in total. The van der Waals surface area contributed by atoms with Crippen LogP contribution in [0.4, 0.5) is 0 Å². The molecule has 2 aromatic rings. The molecule has 5 heteroatoms. The van der Waals surface area contributed by atoms with Crippen molar-refractivity contribution in [2.24, 2.45) is 0 Å². The van der Waals surface area contributed by atoms with Crippen LogP contribution >= 0.6 is 15.9 Å². The van der Waals surface area contributed by atoms with Gasteiger partial charge >= 0.3 is 5.97 Å². The topological polar surface area (TPSA) is 73.3 Å². The highest BCUT2D eigenvalue weighted by molar-refractivity contribution is 9.10. The quantitative estimate of drug-likeness (QED) is 0.806. The van der Waals surface area contributed by atoms with Crippen molar-refractivity contribution in [2.45, 2.75) is 12.5 Å². The smallest absolute Gasteiger partial charge is 0.332 e. The van der Waals surface area contributed by atoms with Crippen molar-refractivity contribution in [1.82, 2.24) is 4.98 Å². The SMILES string of the molecule is O=C(O)C(O)Cc1c[nH]c2cccc(Br)c12. The fraction of sp³-hybridized carbons (Fsp3) is 0.182. The molecule has 0 amide bonds. The highest BCUT2D eigenvalue weighted by Crippen LogP contribution is 2.27. The maximum atomic E-state index is 10.6. The number of aliphatic hydroxyl groups excluding tert-OH is 1. The molecule has 16 heavy (non-hydrogen) atoms. The van der Waals surface area contributed by atoms with Crippen molar-refractivity contribution in [2.75, 3.05) is 0 Å². The third-order valence-corrected chi connectivity index (χ3v) is 3.10. The summed E-state index contributed by atoms with van der Waals surface area (Å²) in [4.78, 5) is 13.6. The molecule has 0 bridgehead atoms. The average molecular weight is 284 g/mol. The molecule has 0 fully saturated rings. The van der Waals surface area contributed by atoms with E-state index in [0.29, 0.717) is 0 Å². The van der Waals surface area contributed by atoms with Crippen LogP contribution in [0.25, 0.3) is 10.9 Å². The Hall–Kier alpha value is -1.33. The van der Waals surface area contributed by atoms with Crippen LogP contribution in [-0.4, -0.2) is 27.3 Å². The maximum Gasteiger partial charge on any atom is 0.332 e. The van der Waals surface area contributed by atoms with Crippen LogP contribution in [0.5, 0.6) is 0 Å². The van der Waals surface area contributed by atoms with Gasteiger partial charge in [0.05, 0.1) is 0 Å². The van der Waals surface area contributed by atoms with Crippen molar-refractivity contribution >= 4 is 32.8 Å². The third kappa shape index (κ3) is 1.96. The standard InChI is InChI=1S/C11H10BrNO3/c12-7-2-1-3-8-10(7)6(5-13-8)4-9(14)11(15)16/h1-3,5,9,13-14H,4H2,(H,15,16). The Morgan fingerprint density at radius 1 is 1.50 bits per heavy atom. The van der Waals surface area contributed by atoms with Crippen molar-refractivity contribution in [3.63, 3.8) is 0 Å². The van der Waals surface area contributed by atoms with Gasteiger partial charge in [-0.15, -0.1) is 0 Å². The first kappa shape index (κ1) is 11.2. The monoisotopic (exact) mass is 283 g/mol. The fourth-order valence-electron chi connectivity index (χ4n) is 1.66. The number of aliphatic carboxylic acids is 1. The number of aliphatic hydroxyl groups is 1. The zero-order valence-electron chi connectivity index (χ0n) is 8.27. The molecule has 1 aromatic heterocycles. The van der Waals surface area contributed by atoms with E-state index in [1.54, 1.807) is 6.20 Å². The second kappa shape index (κ2) is 4.27. The summed E-state index contributed by atoms with van der Waals surface area (Å²) in [6, 6.07) is 5.67. The Kier molecular flexibility index (Phi) is 2.98. The molecule has 1 heterocycles. The van der Waals surface area contributed by atoms with Gasteiger partial charge in [-0.3, -0.25) is 0 Å². The molecule has 0 radical (unpaired) electrons. The number of carbonyl (C=O) groups is 1. The number of benzene rings is 1. The molecule has 0 saturated carbocycles. The lowest BCUT2D eigenvalue weighted by atomic mass is 10.1. The zero-order valence-corrected chi connectivity index (χ0v) is 9.86. The van der Waals surface area contributed by atoms with Gasteiger partial charge in [0.2, 0.25) is 0 Å². The molecule has 2 rings (SSSR count). The van der Waals surface area contributed by atoms with Gasteiger partial charge in [-0.25, -0.2) is 4.79 Å². The molecule has 0 aliphatic heterocycles. The number of carboxylic acid groups (broad SMARTS) is 1. The van der Waals surface area contributed by atoms with Gasteiger partial charge < -0.3 is 15.2 Å². The number of rotatable bonds is 3. The first-order chi connectivity index (χ1) is 7.59. The number of hydrogen-bond donors (Lipinski definition) is 3. The molecule has 1 unspecified atom stereocenters. The molecule has 84 valence electrons. The Labute approximate surface area is 100 Å². The summed E-state index contributed by atoms with van der Waals surface area (Å²) in [6.07, 6.45) is 0.450. The largest absolute Gasteiger partial charge is 0.479 e. The van der Waals surface area contributed by atoms with Crippen LogP contribution in [0.3, 0.4) is 0 Å². The van der Waals surface area contributed by atoms with Gasteiger partial charge in [0.15, 0.2) is 6.10 Å². The molecule has 1 atom stereocenters. The second-order valence-electron chi connectivity index (χ2n) is 3.53. The number of nitrogens with one attached hydrogen (secondary N) is 1. The van der Waals surface area contributed by atoms with Gasteiger partial charge in [0.25, 0.3) is 0 Å². The lowest BCUT2D eigenvalue weighted by Gasteiger charge is -2.04. The Bertz CT molecular complexity index is 535. The Morgan fingerprint density at radius 2 is 2.25 bits per heavy atom. The number of aromatic amines is 1. The van der Waals surface area contributed by atoms with E-state index in [9.17, 15) is 9.90 Å². The highest BCUT2D eigenvalue weighted by Gasteiger charge is 2.16. The normalized spacial score (nSPS) is 12.9. The minimum atomic E-state index is -1.37. The zero-order chi connectivity index (χ0) is 11.7. The summed E-state index contributed by atoms with van der Waals surface area (Å²) in [7, 11) is 0. The Balaban J connectivity index is 2.42. The minimum Gasteiger partial charge on any atom is -0.479 e. The van der Waals surface area contributed by atoms with Crippen LogP contribution < -0.4 is 0 Å². The molecule has 4 nitrogen and oxygen atoms in total. The number of hydrogen-bond acceptors (Lipinski definition) is 2. The minimum absolute atomic E-state index is 0.0952. The van der Waals surface area contributed by atoms with Crippen LogP contribution in [-0.2, 0) is 11.2 Å². The van der Waals surface area contributed by atoms with Crippen molar-refractivity contribution in [3.8, 4) is 0 Å². The third-order valence-electron chi connectivity index (χ3n) is 2.43. The van der Waals surface area contributed by atoms with E-state index in [1.807, 2.05) is 18.2 Å². The molecular formula is C11H10BrNO3. The molecule has 0 spiro atoms. The summed E-state index contributed by atoms with van der Waals surface area (Å²) in [6.45, 7) is 0. The Morgan fingerprint density at radius 3 is 2.94 bits per heavy atom. The van der Waals surface area contributed by atoms with E-state index in [0.717, 1.165) is 20.9 Å². The fourth-order valence-corrected chi connectivity index (χ4v) is 2.29. The van der Waals surface area contributed by atoms with Gasteiger partial charge in [-0.1, -0.05) is 22.0 Å². The van der Waals surface area contributed by atoms with Crippen LogP contribution in [0.2, 0.25) is 0 Å². The van der Waals surface area contributed by atoms with E-state index in [4.69, 9.17) is 5.11 Å². The second-order valence-corrected chi connectivity index (χ2v) is 4.39. The number of aromatic nitrogens is 1. The molecular weight excluding hydrogens is 274 g/mol. The average Bonchev–Trinajstić information content (AvgIpc) is 2.63. The van der Waals surface area contributed by atoms with E-state index in [2.05, 4.69) is 20.9 Å². The maximum absolute atomic E-state index is 10.6. The predicted molar refractivity (Wildman–Crippen MR) is 63.3 cm³/mol. The van der Waals surface area contributed by atoms with E-state index in [1.165, 1.54) is 0 Å². The van der Waals surface area contributed by atoms with Gasteiger partial charge in [-0.05, 0) is 17.7 Å². The summed E-state index contributed by atoms with van der Waals surface area (Å²) < 4.78 is 0.888. The molecule has 1 aromatic carbocycles. The van der Waals surface area contributed by atoms with Gasteiger partial charge in [0, 0.05) is 28.0 Å². The number of carboxylic acids is 1. The summed E-state index contributed by atoms with van der Waals surface area (Å²) in [5, 5.41) is 18.9. The number of halogens is 1. The van der Waals surface area contributed by atoms with Crippen LogP contribution in [0, 0.1) is 0 Å². The van der Waals surface area contributed by atoms with Gasteiger partial charge in [0.1, 0.15) is 0 Å². The predicted octanol–water partition coefficient (Wildman–Crippen LogP) is 1.92. The van der Waals surface area contributed by atoms with E-state index in [-0.39, 0.29) is 6.42 Å². The van der Waals surface area contributed by atoms with Crippen molar-refractivity contribution < 1.29 is 15.0 Å². The highest BCUT2D eigenvalue weighted by atomic mass is 79.9. The first-order valence-corrected chi connectivity index (χ1v) is 5.54. The summed E-state index contributed by atoms with van der Waals surface area (Å²) in [5.41, 5.74) is 1.71.